The van der Waals surface area contributed by atoms with Crippen molar-refractivity contribution in [3.63, 3.8) is 0 Å². The van der Waals surface area contributed by atoms with Crippen molar-refractivity contribution in [2.75, 3.05) is 32.8 Å². The SMILES string of the molecule is CC(C)COc1ccc(C(=O)N2CCNCC2)cc1. The van der Waals surface area contributed by atoms with E-state index >= 15 is 0 Å². The van der Waals surface area contributed by atoms with E-state index in [4.69, 9.17) is 4.74 Å². The predicted molar refractivity (Wildman–Crippen MR) is 75.5 cm³/mol. The molecular weight excluding hydrogens is 240 g/mol. The average Bonchev–Trinajstić information content (AvgIpc) is 2.46. The van der Waals surface area contributed by atoms with E-state index < -0.39 is 0 Å². The molecule has 104 valence electrons. The molecule has 1 aliphatic heterocycles. The lowest BCUT2D eigenvalue weighted by atomic mass is 10.1. The first-order valence-corrected chi connectivity index (χ1v) is 6.89. The van der Waals surface area contributed by atoms with Gasteiger partial charge in [0.05, 0.1) is 6.61 Å². The zero-order valence-electron chi connectivity index (χ0n) is 11.7. The number of piperazine rings is 1. The van der Waals surface area contributed by atoms with Crippen molar-refractivity contribution in [1.82, 2.24) is 10.2 Å². The molecule has 1 fully saturated rings. The van der Waals surface area contributed by atoms with Gasteiger partial charge in [0.2, 0.25) is 0 Å². The van der Waals surface area contributed by atoms with Gasteiger partial charge >= 0.3 is 0 Å². The summed E-state index contributed by atoms with van der Waals surface area (Å²) in [5.74, 6) is 1.43. The molecule has 0 atom stereocenters. The highest BCUT2D eigenvalue weighted by molar-refractivity contribution is 5.94. The van der Waals surface area contributed by atoms with Gasteiger partial charge in [-0.25, -0.2) is 0 Å². The van der Waals surface area contributed by atoms with E-state index in [1.807, 2.05) is 29.2 Å². The minimum absolute atomic E-state index is 0.108. The predicted octanol–water partition coefficient (Wildman–Crippen LogP) is 1.77. The molecule has 0 radical (unpaired) electrons. The number of hydrogen-bond acceptors (Lipinski definition) is 3. The van der Waals surface area contributed by atoms with Crippen molar-refractivity contribution in [2.24, 2.45) is 5.92 Å². The van der Waals surface area contributed by atoms with Crippen molar-refractivity contribution in [1.29, 1.82) is 0 Å². The fourth-order valence-corrected chi connectivity index (χ4v) is 2.01. The van der Waals surface area contributed by atoms with E-state index in [2.05, 4.69) is 19.2 Å². The van der Waals surface area contributed by atoms with Crippen molar-refractivity contribution in [3.8, 4) is 5.75 Å². The fourth-order valence-electron chi connectivity index (χ4n) is 2.01. The first-order chi connectivity index (χ1) is 9.16. The average molecular weight is 262 g/mol. The Morgan fingerprint density at radius 3 is 2.47 bits per heavy atom. The van der Waals surface area contributed by atoms with Crippen LogP contribution in [0.5, 0.6) is 5.75 Å². The van der Waals surface area contributed by atoms with Crippen molar-refractivity contribution in [3.05, 3.63) is 29.8 Å². The Kier molecular flexibility index (Phi) is 4.80. The van der Waals surface area contributed by atoms with E-state index in [1.54, 1.807) is 0 Å². The van der Waals surface area contributed by atoms with Crippen molar-refractivity contribution in [2.45, 2.75) is 13.8 Å². The van der Waals surface area contributed by atoms with Crippen LogP contribution >= 0.6 is 0 Å². The van der Waals surface area contributed by atoms with Gasteiger partial charge < -0.3 is 15.0 Å². The summed E-state index contributed by atoms with van der Waals surface area (Å²) >= 11 is 0. The maximum atomic E-state index is 12.2. The highest BCUT2D eigenvalue weighted by Gasteiger charge is 2.17. The molecule has 0 spiro atoms. The number of nitrogens with one attached hydrogen (secondary N) is 1. The highest BCUT2D eigenvalue weighted by atomic mass is 16.5. The van der Waals surface area contributed by atoms with Crippen LogP contribution in [0.15, 0.2) is 24.3 Å². The molecule has 0 aliphatic carbocycles. The van der Waals surface area contributed by atoms with Crippen LogP contribution in [-0.2, 0) is 0 Å². The third-order valence-electron chi connectivity index (χ3n) is 3.09. The number of rotatable bonds is 4. The number of carbonyl (C=O) groups excluding carboxylic acids is 1. The van der Waals surface area contributed by atoms with Gasteiger partial charge in [0.1, 0.15) is 5.75 Å². The molecule has 1 N–H and O–H groups in total. The summed E-state index contributed by atoms with van der Waals surface area (Å²) in [6.45, 7) is 8.24. The summed E-state index contributed by atoms with van der Waals surface area (Å²) in [6.07, 6.45) is 0. The number of nitrogens with zero attached hydrogens (tertiary/aromatic N) is 1. The van der Waals surface area contributed by atoms with E-state index in [1.165, 1.54) is 0 Å². The molecule has 4 nitrogen and oxygen atoms in total. The Balaban J connectivity index is 1.95. The number of ether oxygens (including phenoxy) is 1. The van der Waals surface area contributed by atoms with Crippen LogP contribution in [0.4, 0.5) is 0 Å². The van der Waals surface area contributed by atoms with Gasteiger partial charge in [0.15, 0.2) is 0 Å². The minimum Gasteiger partial charge on any atom is -0.493 e. The second-order valence-corrected chi connectivity index (χ2v) is 5.27. The zero-order chi connectivity index (χ0) is 13.7. The minimum atomic E-state index is 0.108. The molecule has 1 aromatic carbocycles. The Morgan fingerprint density at radius 2 is 1.89 bits per heavy atom. The van der Waals surface area contributed by atoms with E-state index in [0.717, 1.165) is 37.5 Å². The van der Waals surface area contributed by atoms with Crippen LogP contribution < -0.4 is 10.1 Å². The molecular formula is C15H22N2O2. The third-order valence-corrected chi connectivity index (χ3v) is 3.09. The van der Waals surface area contributed by atoms with E-state index in [0.29, 0.717) is 12.5 Å². The van der Waals surface area contributed by atoms with Crippen molar-refractivity contribution < 1.29 is 9.53 Å². The Bertz CT molecular complexity index is 409. The van der Waals surface area contributed by atoms with Gasteiger partial charge in [-0.2, -0.15) is 0 Å². The molecule has 19 heavy (non-hydrogen) atoms. The monoisotopic (exact) mass is 262 g/mol. The number of hydrogen-bond donors (Lipinski definition) is 1. The fraction of sp³-hybridized carbons (Fsp3) is 0.533. The number of carbonyl (C=O) groups is 1. The Morgan fingerprint density at radius 1 is 1.26 bits per heavy atom. The molecule has 4 heteroatoms. The Labute approximate surface area is 114 Å². The summed E-state index contributed by atoms with van der Waals surface area (Å²) in [5, 5.41) is 3.24. The number of benzene rings is 1. The molecule has 2 rings (SSSR count). The quantitative estimate of drug-likeness (QED) is 0.899. The van der Waals surface area contributed by atoms with Crippen molar-refractivity contribution >= 4 is 5.91 Å². The van der Waals surface area contributed by atoms with Gasteiger partial charge in [0.25, 0.3) is 5.91 Å². The lowest BCUT2D eigenvalue weighted by Crippen LogP contribution is -2.46. The maximum absolute atomic E-state index is 12.2. The molecule has 1 aromatic rings. The maximum Gasteiger partial charge on any atom is 0.253 e. The number of amides is 1. The van der Waals surface area contributed by atoms with Gasteiger partial charge in [-0.05, 0) is 30.2 Å². The third kappa shape index (κ3) is 3.96. The van der Waals surface area contributed by atoms with Crippen LogP contribution in [0.1, 0.15) is 24.2 Å². The smallest absolute Gasteiger partial charge is 0.253 e. The molecule has 0 unspecified atom stereocenters. The molecule has 1 aliphatic rings. The van der Waals surface area contributed by atoms with Crippen LogP contribution in [0.3, 0.4) is 0 Å². The Hall–Kier alpha value is -1.55. The van der Waals surface area contributed by atoms with Gasteiger partial charge in [-0.1, -0.05) is 13.8 Å². The molecule has 1 heterocycles. The summed E-state index contributed by atoms with van der Waals surface area (Å²) in [5.41, 5.74) is 0.735. The summed E-state index contributed by atoms with van der Waals surface area (Å²) in [4.78, 5) is 14.1. The molecule has 1 amide bonds. The second kappa shape index (κ2) is 6.57. The first kappa shape index (κ1) is 13.9. The summed E-state index contributed by atoms with van der Waals surface area (Å²) < 4.78 is 5.61. The van der Waals surface area contributed by atoms with Gasteiger partial charge in [0, 0.05) is 31.7 Å². The van der Waals surface area contributed by atoms with E-state index in [-0.39, 0.29) is 5.91 Å². The van der Waals surface area contributed by atoms with Crippen LogP contribution in [-0.4, -0.2) is 43.6 Å². The lowest BCUT2D eigenvalue weighted by Gasteiger charge is -2.27. The normalized spacial score (nSPS) is 15.6. The van der Waals surface area contributed by atoms with Crippen LogP contribution in [0, 0.1) is 5.92 Å². The summed E-state index contributed by atoms with van der Waals surface area (Å²) in [7, 11) is 0. The molecule has 0 aromatic heterocycles. The largest absolute Gasteiger partial charge is 0.493 e. The standard InChI is InChI=1S/C15H22N2O2/c1-12(2)11-19-14-5-3-13(4-6-14)15(18)17-9-7-16-8-10-17/h3-6,12,16H,7-11H2,1-2H3. The highest BCUT2D eigenvalue weighted by Crippen LogP contribution is 2.15. The molecule has 0 bridgehead atoms. The topological polar surface area (TPSA) is 41.6 Å². The van der Waals surface area contributed by atoms with Crippen LogP contribution in [0.25, 0.3) is 0 Å². The zero-order valence-corrected chi connectivity index (χ0v) is 11.7. The molecule has 0 saturated carbocycles. The van der Waals surface area contributed by atoms with Gasteiger partial charge in [-0.3, -0.25) is 4.79 Å². The summed E-state index contributed by atoms with van der Waals surface area (Å²) in [6, 6.07) is 7.44. The van der Waals surface area contributed by atoms with E-state index in [9.17, 15) is 4.79 Å². The molecule has 1 saturated heterocycles. The lowest BCUT2D eigenvalue weighted by molar-refractivity contribution is 0.0736. The first-order valence-electron chi connectivity index (χ1n) is 6.89. The van der Waals surface area contributed by atoms with Gasteiger partial charge in [-0.15, -0.1) is 0 Å². The second-order valence-electron chi connectivity index (χ2n) is 5.27. The van der Waals surface area contributed by atoms with Crippen LogP contribution in [0.2, 0.25) is 0 Å².